The molecule has 0 saturated carbocycles. The maximum atomic E-state index is 13.5. The third kappa shape index (κ3) is 4.48. The molecule has 0 aliphatic heterocycles. The molecule has 0 fully saturated rings. The second-order valence-corrected chi connectivity index (χ2v) is 6.82. The normalized spacial score (nSPS) is 12.2. The molecule has 0 saturated heterocycles. The Hall–Kier alpha value is -2.10. The number of aromatic nitrogens is 1. The zero-order valence-electron chi connectivity index (χ0n) is 15.7. The van der Waals surface area contributed by atoms with Crippen LogP contribution in [-0.2, 0) is 15.7 Å². The van der Waals surface area contributed by atoms with Crippen LogP contribution in [0.4, 0.5) is 18.9 Å². The second kappa shape index (κ2) is 8.50. The molecular weight excluding hydrogens is 401 g/mol. The van der Waals surface area contributed by atoms with Crippen LogP contribution in [0.3, 0.4) is 0 Å². The van der Waals surface area contributed by atoms with Gasteiger partial charge in [-0.25, -0.2) is 0 Å². The number of pyridine rings is 1. The Kier molecular flexibility index (Phi) is 6.74. The number of halogens is 4. The molecule has 1 aromatic heterocycles. The number of anilines is 1. The van der Waals surface area contributed by atoms with Crippen molar-refractivity contribution in [1.29, 1.82) is 0 Å². The van der Waals surface area contributed by atoms with Crippen LogP contribution in [0.2, 0.25) is 5.02 Å². The number of aromatic amines is 1. The summed E-state index contributed by atoms with van der Waals surface area (Å²) in [5.74, 6) is -1.08. The summed E-state index contributed by atoms with van der Waals surface area (Å²) in [5, 5.41) is 2.60. The average Bonchev–Trinajstić information content (AvgIpc) is 2.60. The number of benzene rings is 1. The molecule has 2 rings (SSSR count). The Morgan fingerprint density at radius 3 is 2.36 bits per heavy atom. The molecule has 0 bridgehead atoms. The van der Waals surface area contributed by atoms with E-state index in [0.717, 1.165) is 6.07 Å². The van der Waals surface area contributed by atoms with Gasteiger partial charge in [0.1, 0.15) is 5.56 Å². The fourth-order valence-electron chi connectivity index (χ4n) is 2.74. The number of methoxy groups -OCH3 is 2. The first-order valence-corrected chi connectivity index (χ1v) is 8.69. The van der Waals surface area contributed by atoms with Crippen LogP contribution in [-0.4, -0.2) is 37.8 Å². The number of Topliss-reactive ketones (excluding diaryl/α,β-unsaturated/α-hetero) is 1. The van der Waals surface area contributed by atoms with Crippen LogP contribution in [0.25, 0.3) is 10.9 Å². The summed E-state index contributed by atoms with van der Waals surface area (Å²) in [7, 11) is 2.76. The van der Waals surface area contributed by atoms with Crippen LogP contribution in [0, 0.1) is 5.92 Å². The summed E-state index contributed by atoms with van der Waals surface area (Å²) >= 11 is 5.90. The van der Waals surface area contributed by atoms with Gasteiger partial charge in [-0.15, -0.1) is 0 Å². The highest BCUT2D eigenvalue weighted by molar-refractivity contribution is 6.31. The second-order valence-electron chi connectivity index (χ2n) is 6.38. The Morgan fingerprint density at radius 1 is 1.25 bits per heavy atom. The molecule has 1 aromatic carbocycles. The Morgan fingerprint density at radius 2 is 1.86 bits per heavy atom. The summed E-state index contributed by atoms with van der Waals surface area (Å²) in [6.07, 6.45) is -5.51. The van der Waals surface area contributed by atoms with Crippen molar-refractivity contribution in [3.63, 3.8) is 0 Å². The molecule has 2 aromatic rings. The molecule has 0 atom stereocenters. The lowest BCUT2D eigenvalue weighted by molar-refractivity contribution is -0.136. The monoisotopic (exact) mass is 420 g/mol. The number of nitrogens with one attached hydrogen (secondary N) is 2. The van der Waals surface area contributed by atoms with Crippen molar-refractivity contribution >= 4 is 34.0 Å². The quantitative estimate of drug-likeness (QED) is 0.521. The molecule has 6 nitrogen and oxygen atoms in total. The minimum atomic E-state index is -4.76. The summed E-state index contributed by atoms with van der Waals surface area (Å²) in [4.78, 5) is 27.4. The molecule has 154 valence electrons. The maximum absolute atomic E-state index is 13.5. The van der Waals surface area contributed by atoms with Crippen molar-refractivity contribution in [3.8, 4) is 0 Å². The summed E-state index contributed by atoms with van der Waals surface area (Å²) < 4.78 is 50.5. The Labute approximate surface area is 164 Å². The molecule has 0 amide bonds. The van der Waals surface area contributed by atoms with Crippen molar-refractivity contribution in [1.82, 2.24) is 4.98 Å². The number of rotatable bonds is 7. The van der Waals surface area contributed by atoms with Gasteiger partial charge in [-0.1, -0.05) is 25.4 Å². The minimum absolute atomic E-state index is 0.0161. The van der Waals surface area contributed by atoms with E-state index in [1.54, 1.807) is 13.8 Å². The Balaban J connectivity index is 2.85. The number of hydrogen-bond acceptors (Lipinski definition) is 5. The van der Waals surface area contributed by atoms with Crippen LogP contribution >= 0.6 is 11.6 Å². The number of ether oxygens (including phenoxy) is 2. The largest absolute Gasteiger partial charge is 0.418 e. The number of alkyl halides is 3. The van der Waals surface area contributed by atoms with Gasteiger partial charge in [0.15, 0.2) is 12.1 Å². The molecule has 0 radical (unpaired) electrons. The minimum Gasteiger partial charge on any atom is -0.379 e. The molecule has 2 N–H and O–H groups in total. The smallest absolute Gasteiger partial charge is 0.379 e. The van der Waals surface area contributed by atoms with Gasteiger partial charge in [-0.05, 0) is 12.1 Å². The van der Waals surface area contributed by atoms with Crippen LogP contribution < -0.4 is 10.9 Å². The number of ketones is 1. The predicted molar refractivity (Wildman–Crippen MR) is 100 cm³/mol. The molecule has 0 spiro atoms. The first-order valence-electron chi connectivity index (χ1n) is 8.31. The molecular formula is C18H20ClF3N2O4. The van der Waals surface area contributed by atoms with E-state index in [9.17, 15) is 22.8 Å². The summed E-state index contributed by atoms with van der Waals surface area (Å²) in [5.41, 5.74) is -2.81. The fraction of sp³-hybridized carbons (Fsp3) is 0.444. The van der Waals surface area contributed by atoms with E-state index in [4.69, 9.17) is 21.1 Å². The lowest BCUT2D eigenvalue weighted by Crippen LogP contribution is -2.28. The van der Waals surface area contributed by atoms with Gasteiger partial charge in [0.2, 0.25) is 0 Å². The van der Waals surface area contributed by atoms with Gasteiger partial charge < -0.3 is 19.8 Å². The molecule has 1 heterocycles. The van der Waals surface area contributed by atoms with E-state index >= 15 is 0 Å². The molecule has 0 aliphatic carbocycles. The van der Waals surface area contributed by atoms with Crippen molar-refractivity contribution in [2.24, 2.45) is 5.92 Å². The summed E-state index contributed by atoms with van der Waals surface area (Å²) in [6, 6.07) is 1.98. The van der Waals surface area contributed by atoms with E-state index in [-0.39, 0.29) is 28.2 Å². The first kappa shape index (κ1) is 22.2. The van der Waals surface area contributed by atoms with Gasteiger partial charge in [0.05, 0.1) is 23.3 Å². The molecule has 28 heavy (non-hydrogen) atoms. The molecule has 10 heteroatoms. The number of hydrogen-bond donors (Lipinski definition) is 2. The van der Waals surface area contributed by atoms with E-state index in [1.165, 1.54) is 20.3 Å². The van der Waals surface area contributed by atoms with Gasteiger partial charge in [-0.2, -0.15) is 13.2 Å². The average molecular weight is 421 g/mol. The van der Waals surface area contributed by atoms with E-state index < -0.39 is 40.8 Å². The highest BCUT2D eigenvalue weighted by Gasteiger charge is 2.35. The zero-order valence-corrected chi connectivity index (χ0v) is 16.4. The molecule has 0 unspecified atom stereocenters. The topological polar surface area (TPSA) is 80.4 Å². The molecule has 0 aliphatic rings. The third-order valence-electron chi connectivity index (χ3n) is 4.14. The van der Waals surface area contributed by atoms with Crippen molar-refractivity contribution in [2.45, 2.75) is 26.3 Å². The van der Waals surface area contributed by atoms with Crippen molar-refractivity contribution in [2.75, 3.05) is 26.1 Å². The number of carbonyl (C=O) groups excluding carboxylic acids is 1. The SMILES string of the molecule is COC(CNc1c(C(=O)C(C)C)c(=O)[nH]c2c(C(F)(F)F)cc(Cl)cc12)OC. The van der Waals surface area contributed by atoms with Crippen LogP contribution in [0.5, 0.6) is 0 Å². The zero-order chi connectivity index (χ0) is 21.2. The standard InChI is InChI=1S/C18H20ClF3N2O4/c1-8(2)16(25)13-15(23-7-12(27-3)28-4)10-5-9(19)6-11(18(20,21)22)14(10)24-17(13)26/h5-6,8,12H,7H2,1-4H3,(H2,23,24,26). The van der Waals surface area contributed by atoms with Gasteiger partial charge in [0, 0.05) is 30.5 Å². The fourth-order valence-corrected chi connectivity index (χ4v) is 2.96. The van der Waals surface area contributed by atoms with Gasteiger partial charge in [-0.3, -0.25) is 9.59 Å². The van der Waals surface area contributed by atoms with Gasteiger partial charge >= 0.3 is 6.18 Å². The highest BCUT2D eigenvalue weighted by Crippen LogP contribution is 2.38. The lowest BCUT2D eigenvalue weighted by Gasteiger charge is -2.20. The van der Waals surface area contributed by atoms with Crippen LogP contribution in [0.15, 0.2) is 16.9 Å². The predicted octanol–water partition coefficient (Wildman–Crippen LogP) is 4.07. The number of fused-ring (bicyclic) bond motifs is 1. The van der Waals surface area contributed by atoms with Crippen molar-refractivity contribution < 1.29 is 27.4 Å². The lowest BCUT2D eigenvalue weighted by atomic mass is 9.97. The summed E-state index contributed by atoms with van der Waals surface area (Å²) in [6.45, 7) is 3.15. The number of H-pyrrole nitrogens is 1. The van der Waals surface area contributed by atoms with E-state index in [1.807, 2.05) is 0 Å². The van der Waals surface area contributed by atoms with Gasteiger partial charge in [0.25, 0.3) is 5.56 Å². The maximum Gasteiger partial charge on any atom is 0.418 e. The first-order chi connectivity index (χ1) is 13.0. The number of carbonyl (C=O) groups is 1. The van der Waals surface area contributed by atoms with E-state index in [2.05, 4.69) is 10.3 Å². The van der Waals surface area contributed by atoms with Crippen LogP contribution in [0.1, 0.15) is 29.8 Å². The van der Waals surface area contributed by atoms with Crippen molar-refractivity contribution in [3.05, 3.63) is 38.6 Å². The highest BCUT2D eigenvalue weighted by atomic mass is 35.5. The van der Waals surface area contributed by atoms with E-state index in [0.29, 0.717) is 0 Å². The Bertz CT molecular complexity index is 937. The third-order valence-corrected chi connectivity index (χ3v) is 4.35.